The summed E-state index contributed by atoms with van der Waals surface area (Å²) in [6, 6.07) is 10.3. The molecule has 0 saturated heterocycles. The fourth-order valence-electron chi connectivity index (χ4n) is 2.06. The lowest BCUT2D eigenvalue weighted by Crippen LogP contribution is -2.21. The molecule has 2 nitrogen and oxygen atoms in total. The molecule has 0 atom stereocenters. The summed E-state index contributed by atoms with van der Waals surface area (Å²) in [6.45, 7) is 11.0. The van der Waals surface area contributed by atoms with Gasteiger partial charge in [-0.1, -0.05) is 95.2 Å². The minimum atomic E-state index is 0.209. The van der Waals surface area contributed by atoms with Crippen molar-refractivity contribution in [2.24, 2.45) is 0 Å². The van der Waals surface area contributed by atoms with Crippen molar-refractivity contribution in [1.29, 1.82) is 0 Å². The van der Waals surface area contributed by atoms with Gasteiger partial charge in [-0.25, -0.2) is 0 Å². The number of hydrogen-bond acceptors (Lipinski definition) is 1. The Hall–Kier alpha value is -1.31. The summed E-state index contributed by atoms with van der Waals surface area (Å²) in [4.78, 5) is 11.1. The standard InChI is InChI=1S/C12H25NO.C7H8.C2H6/c1-3-5-6-7-8-9-10-11-12(14)13-4-2;1-7-5-3-2-4-6-7;1-2/h3-11H2,1-2H3,(H,13,14);2-6H,1H3;1-2H3. The van der Waals surface area contributed by atoms with Crippen molar-refractivity contribution in [3.8, 4) is 0 Å². The molecule has 1 rings (SSSR count). The van der Waals surface area contributed by atoms with E-state index in [0.29, 0.717) is 6.42 Å². The summed E-state index contributed by atoms with van der Waals surface area (Å²) in [5.41, 5.74) is 1.32. The van der Waals surface area contributed by atoms with Gasteiger partial charge in [0.2, 0.25) is 5.91 Å². The first-order valence-corrected chi connectivity index (χ1v) is 9.49. The minimum Gasteiger partial charge on any atom is -0.356 e. The van der Waals surface area contributed by atoms with Crippen LogP contribution in [0.2, 0.25) is 0 Å². The summed E-state index contributed by atoms with van der Waals surface area (Å²) in [5, 5.41) is 2.82. The molecule has 134 valence electrons. The van der Waals surface area contributed by atoms with Crippen LogP contribution < -0.4 is 5.32 Å². The van der Waals surface area contributed by atoms with Gasteiger partial charge in [-0.15, -0.1) is 0 Å². The Morgan fingerprint density at radius 1 is 0.870 bits per heavy atom. The Bertz CT molecular complexity index is 335. The lowest BCUT2D eigenvalue weighted by Gasteiger charge is -2.02. The number of aryl methyl sites for hydroxylation is 1. The van der Waals surface area contributed by atoms with E-state index in [2.05, 4.69) is 31.3 Å². The molecule has 0 unspecified atom stereocenters. The fourth-order valence-corrected chi connectivity index (χ4v) is 2.06. The number of carbonyl (C=O) groups is 1. The number of amides is 1. The number of hydrogen-bond donors (Lipinski definition) is 1. The highest BCUT2D eigenvalue weighted by atomic mass is 16.1. The zero-order valence-electron chi connectivity index (χ0n) is 16.2. The molecule has 0 radical (unpaired) electrons. The van der Waals surface area contributed by atoms with Gasteiger partial charge >= 0.3 is 0 Å². The molecule has 0 aliphatic carbocycles. The Morgan fingerprint density at radius 3 is 1.83 bits per heavy atom. The second kappa shape index (κ2) is 20.7. The highest BCUT2D eigenvalue weighted by Crippen LogP contribution is 2.08. The zero-order valence-corrected chi connectivity index (χ0v) is 16.2. The number of benzene rings is 1. The Morgan fingerprint density at radius 2 is 1.39 bits per heavy atom. The molecule has 0 saturated carbocycles. The van der Waals surface area contributed by atoms with Crippen LogP contribution in [0.25, 0.3) is 0 Å². The van der Waals surface area contributed by atoms with Crippen molar-refractivity contribution in [2.75, 3.05) is 6.54 Å². The third-order valence-corrected chi connectivity index (χ3v) is 3.32. The maximum absolute atomic E-state index is 11.1. The average molecular weight is 322 g/mol. The molecule has 0 spiro atoms. The highest BCUT2D eigenvalue weighted by Gasteiger charge is 1.98. The van der Waals surface area contributed by atoms with Crippen LogP contribution >= 0.6 is 0 Å². The molecule has 0 heterocycles. The van der Waals surface area contributed by atoms with E-state index in [0.717, 1.165) is 13.0 Å². The van der Waals surface area contributed by atoms with E-state index in [4.69, 9.17) is 0 Å². The summed E-state index contributed by atoms with van der Waals surface area (Å²) < 4.78 is 0. The molecule has 1 aromatic carbocycles. The molecule has 23 heavy (non-hydrogen) atoms. The lowest BCUT2D eigenvalue weighted by atomic mass is 10.1. The predicted octanol–water partition coefficient (Wildman–Crippen LogP) is 6.28. The van der Waals surface area contributed by atoms with Gasteiger partial charge in [0.15, 0.2) is 0 Å². The fraction of sp³-hybridized carbons (Fsp3) is 0.667. The Kier molecular flexibility index (Phi) is 21.5. The third kappa shape index (κ3) is 20.7. The molecule has 1 N–H and O–H groups in total. The van der Waals surface area contributed by atoms with Crippen LogP contribution in [0.3, 0.4) is 0 Å². The minimum absolute atomic E-state index is 0.209. The van der Waals surface area contributed by atoms with E-state index in [1.165, 1.54) is 44.1 Å². The van der Waals surface area contributed by atoms with Crippen molar-refractivity contribution in [3.63, 3.8) is 0 Å². The van der Waals surface area contributed by atoms with Crippen LogP contribution in [0.5, 0.6) is 0 Å². The summed E-state index contributed by atoms with van der Waals surface area (Å²) in [7, 11) is 0. The number of carbonyl (C=O) groups excluding carboxylic acids is 1. The van der Waals surface area contributed by atoms with E-state index in [1.54, 1.807) is 0 Å². The Labute approximate surface area is 145 Å². The molecule has 0 aromatic heterocycles. The topological polar surface area (TPSA) is 29.1 Å². The van der Waals surface area contributed by atoms with Gasteiger partial charge < -0.3 is 5.32 Å². The van der Waals surface area contributed by atoms with Crippen molar-refractivity contribution < 1.29 is 4.79 Å². The van der Waals surface area contributed by atoms with Gasteiger partial charge in [-0.3, -0.25) is 4.79 Å². The molecule has 1 aromatic rings. The maximum Gasteiger partial charge on any atom is 0.219 e. The predicted molar refractivity (Wildman–Crippen MR) is 104 cm³/mol. The average Bonchev–Trinajstić information content (AvgIpc) is 2.57. The van der Waals surface area contributed by atoms with E-state index < -0.39 is 0 Å². The third-order valence-electron chi connectivity index (χ3n) is 3.32. The molecule has 0 fully saturated rings. The van der Waals surface area contributed by atoms with Gasteiger partial charge in [0.25, 0.3) is 0 Å². The van der Waals surface area contributed by atoms with Gasteiger partial charge in [0.05, 0.1) is 0 Å². The number of nitrogens with one attached hydrogen (secondary N) is 1. The summed E-state index contributed by atoms with van der Waals surface area (Å²) in [6.07, 6.45) is 9.62. The van der Waals surface area contributed by atoms with Gasteiger partial charge in [-0.05, 0) is 20.3 Å². The molecule has 2 heteroatoms. The van der Waals surface area contributed by atoms with E-state index >= 15 is 0 Å². The summed E-state index contributed by atoms with van der Waals surface area (Å²) >= 11 is 0. The molecular weight excluding hydrogens is 282 g/mol. The zero-order chi connectivity index (χ0) is 17.8. The van der Waals surface area contributed by atoms with Crippen molar-refractivity contribution in [3.05, 3.63) is 35.9 Å². The first kappa shape index (κ1) is 23.9. The second-order valence-corrected chi connectivity index (χ2v) is 5.48. The second-order valence-electron chi connectivity index (χ2n) is 5.48. The van der Waals surface area contributed by atoms with E-state index in [1.807, 2.05) is 39.0 Å². The van der Waals surface area contributed by atoms with Crippen LogP contribution in [0.4, 0.5) is 0 Å². The largest absolute Gasteiger partial charge is 0.356 e. The smallest absolute Gasteiger partial charge is 0.219 e. The molecule has 1 amide bonds. The van der Waals surface area contributed by atoms with Gasteiger partial charge in [-0.2, -0.15) is 0 Å². The van der Waals surface area contributed by atoms with Crippen LogP contribution in [-0.4, -0.2) is 12.5 Å². The molecule has 0 bridgehead atoms. The van der Waals surface area contributed by atoms with Gasteiger partial charge in [0.1, 0.15) is 0 Å². The SMILES string of the molecule is CC.CCCCCCCCCC(=O)NCC.Cc1ccccc1. The number of unbranched alkanes of at least 4 members (excludes halogenated alkanes) is 6. The van der Waals surface area contributed by atoms with Crippen LogP contribution in [0, 0.1) is 6.92 Å². The van der Waals surface area contributed by atoms with Crippen LogP contribution in [0.15, 0.2) is 30.3 Å². The molecule has 0 aliphatic rings. The first-order chi connectivity index (χ1) is 11.2. The Balaban J connectivity index is 0. The molecule has 0 aliphatic heterocycles. The normalized spacial score (nSPS) is 9.09. The lowest BCUT2D eigenvalue weighted by molar-refractivity contribution is -0.121. The first-order valence-electron chi connectivity index (χ1n) is 9.49. The highest BCUT2D eigenvalue weighted by molar-refractivity contribution is 5.75. The van der Waals surface area contributed by atoms with Crippen LogP contribution in [0.1, 0.15) is 84.6 Å². The van der Waals surface area contributed by atoms with Crippen molar-refractivity contribution >= 4 is 5.91 Å². The molecular formula is C21H39NO. The van der Waals surface area contributed by atoms with Crippen molar-refractivity contribution in [1.82, 2.24) is 5.32 Å². The number of rotatable bonds is 9. The van der Waals surface area contributed by atoms with Crippen LogP contribution in [-0.2, 0) is 4.79 Å². The van der Waals surface area contributed by atoms with E-state index in [-0.39, 0.29) is 5.91 Å². The summed E-state index contributed by atoms with van der Waals surface area (Å²) in [5.74, 6) is 0.209. The monoisotopic (exact) mass is 321 g/mol. The quantitative estimate of drug-likeness (QED) is 0.532. The van der Waals surface area contributed by atoms with E-state index in [9.17, 15) is 4.79 Å². The van der Waals surface area contributed by atoms with Gasteiger partial charge in [0, 0.05) is 13.0 Å². The van der Waals surface area contributed by atoms with Crippen molar-refractivity contribution in [2.45, 2.75) is 86.0 Å². The maximum atomic E-state index is 11.1.